The Balaban J connectivity index is 2.12. The van der Waals surface area contributed by atoms with Crippen molar-refractivity contribution >= 4 is 0 Å². The highest BCUT2D eigenvalue weighted by Crippen LogP contribution is 2.24. The largest absolute Gasteiger partial charge is 0.465 e. The summed E-state index contributed by atoms with van der Waals surface area (Å²) in [5.41, 5.74) is 0. The van der Waals surface area contributed by atoms with Crippen molar-refractivity contribution in [3.05, 3.63) is 23.7 Å². The standard InChI is InChI=1S/C11H18N2O/c1-8-5-6-10(14-8)11(12-2)9-4-3-7-13-9/h5-6,9,11-13H,3-4,7H2,1-2H3. The molecule has 0 amide bonds. The van der Waals surface area contributed by atoms with Crippen molar-refractivity contribution in [2.24, 2.45) is 0 Å². The summed E-state index contributed by atoms with van der Waals surface area (Å²) < 4.78 is 5.65. The monoisotopic (exact) mass is 194 g/mol. The number of furan rings is 1. The zero-order chi connectivity index (χ0) is 9.97. The molecule has 1 saturated heterocycles. The number of hydrogen-bond acceptors (Lipinski definition) is 3. The maximum atomic E-state index is 5.65. The molecular weight excluding hydrogens is 176 g/mol. The molecular formula is C11H18N2O. The van der Waals surface area contributed by atoms with Gasteiger partial charge in [-0.15, -0.1) is 0 Å². The van der Waals surface area contributed by atoms with Gasteiger partial charge in [-0.25, -0.2) is 0 Å². The van der Waals surface area contributed by atoms with Gasteiger partial charge in [-0.2, -0.15) is 0 Å². The van der Waals surface area contributed by atoms with Crippen LogP contribution in [0.15, 0.2) is 16.5 Å². The van der Waals surface area contributed by atoms with Crippen LogP contribution in [-0.2, 0) is 0 Å². The SMILES string of the molecule is CNC(c1ccc(C)o1)C1CCCN1. The Morgan fingerprint density at radius 1 is 1.57 bits per heavy atom. The van der Waals surface area contributed by atoms with Crippen LogP contribution in [0.2, 0.25) is 0 Å². The molecule has 3 heteroatoms. The Morgan fingerprint density at radius 3 is 2.93 bits per heavy atom. The molecule has 78 valence electrons. The first-order valence-electron chi connectivity index (χ1n) is 5.28. The van der Waals surface area contributed by atoms with Crippen LogP contribution in [-0.4, -0.2) is 19.6 Å². The summed E-state index contributed by atoms with van der Waals surface area (Å²) in [6.07, 6.45) is 2.49. The van der Waals surface area contributed by atoms with E-state index < -0.39 is 0 Å². The van der Waals surface area contributed by atoms with Crippen molar-refractivity contribution in [2.75, 3.05) is 13.6 Å². The van der Waals surface area contributed by atoms with E-state index in [-0.39, 0.29) is 0 Å². The second-order valence-corrected chi connectivity index (χ2v) is 3.92. The van der Waals surface area contributed by atoms with Gasteiger partial charge in [0, 0.05) is 6.04 Å². The van der Waals surface area contributed by atoms with Crippen LogP contribution in [0.5, 0.6) is 0 Å². The lowest BCUT2D eigenvalue weighted by Crippen LogP contribution is -2.35. The highest BCUT2D eigenvalue weighted by Gasteiger charge is 2.26. The summed E-state index contributed by atoms with van der Waals surface area (Å²) in [4.78, 5) is 0. The maximum absolute atomic E-state index is 5.65. The third-order valence-corrected chi connectivity index (χ3v) is 2.88. The van der Waals surface area contributed by atoms with Crippen LogP contribution in [0.4, 0.5) is 0 Å². The molecule has 0 saturated carbocycles. The van der Waals surface area contributed by atoms with Gasteiger partial charge < -0.3 is 15.1 Å². The van der Waals surface area contributed by atoms with Crippen LogP contribution in [0.1, 0.15) is 30.4 Å². The Kier molecular flexibility index (Phi) is 2.89. The minimum atomic E-state index is 0.311. The van der Waals surface area contributed by atoms with E-state index in [1.165, 1.54) is 12.8 Å². The predicted octanol–water partition coefficient (Wildman–Crippen LogP) is 1.60. The number of nitrogens with one attached hydrogen (secondary N) is 2. The van der Waals surface area contributed by atoms with Gasteiger partial charge in [0.05, 0.1) is 6.04 Å². The van der Waals surface area contributed by atoms with Crippen LogP contribution in [0.25, 0.3) is 0 Å². The maximum Gasteiger partial charge on any atom is 0.122 e. The van der Waals surface area contributed by atoms with Gasteiger partial charge in [-0.05, 0) is 45.5 Å². The fourth-order valence-corrected chi connectivity index (χ4v) is 2.16. The minimum absolute atomic E-state index is 0.311. The molecule has 2 rings (SSSR count). The first kappa shape index (κ1) is 9.74. The first-order chi connectivity index (χ1) is 6.81. The van der Waals surface area contributed by atoms with E-state index in [9.17, 15) is 0 Å². The molecule has 2 heterocycles. The molecule has 0 aromatic carbocycles. The summed E-state index contributed by atoms with van der Waals surface area (Å²) in [5, 5.41) is 6.81. The van der Waals surface area contributed by atoms with Crippen molar-refractivity contribution < 1.29 is 4.42 Å². The second kappa shape index (κ2) is 4.15. The molecule has 2 N–H and O–H groups in total. The summed E-state index contributed by atoms with van der Waals surface area (Å²) in [5.74, 6) is 2.03. The fraction of sp³-hybridized carbons (Fsp3) is 0.636. The lowest BCUT2D eigenvalue weighted by Gasteiger charge is -2.21. The normalized spacial score (nSPS) is 24.0. The molecule has 0 spiro atoms. The molecule has 1 aliphatic rings. The summed E-state index contributed by atoms with van der Waals surface area (Å²) >= 11 is 0. The minimum Gasteiger partial charge on any atom is -0.465 e. The van der Waals surface area contributed by atoms with Gasteiger partial charge in [0.1, 0.15) is 11.5 Å². The van der Waals surface area contributed by atoms with Gasteiger partial charge in [0.15, 0.2) is 0 Å². The lowest BCUT2D eigenvalue weighted by molar-refractivity contribution is 0.356. The number of likely N-dealkylation sites (N-methyl/N-ethyl adjacent to an activating group) is 1. The van der Waals surface area contributed by atoms with Crippen molar-refractivity contribution in [3.8, 4) is 0 Å². The molecule has 0 aliphatic carbocycles. The summed E-state index contributed by atoms with van der Waals surface area (Å²) in [6, 6.07) is 4.92. The highest BCUT2D eigenvalue weighted by atomic mass is 16.3. The molecule has 0 bridgehead atoms. The average molecular weight is 194 g/mol. The summed E-state index contributed by atoms with van der Waals surface area (Å²) in [6.45, 7) is 3.11. The third kappa shape index (κ3) is 1.83. The van der Waals surface area contributed by atoms with E-state index in [1.54, 1.807) is 0 Å². The third-order valence-electron chi connectivity index (χ3n) is 2.88. The molecule has 1 fully saturated rings. The van der Waals surface area contributed by atoms with Crippen LogP contribution >= 0.6 is 0 Å². The van der Waals surface area contributed by atoms with Crippen LogP contribution < -0.4 is 10.6 Å². The average Bonchev–Trinajstić information content (AvgIpc) is 2.79. The Bertz CT molecular complexity index is 289. The smallest absolute Gasteiger partial charge is 0.122 e. The quantitative estimate of drug-likeness (QED) is 0.767. The highest BCUT2D eigenvalue weighted by molar-refractivity contribution is 5.12. The van der Waals surface area contributed by atoms with Crippen LogP contribution in [0, 0.1) is 6.92 Å². The van der Waals surface area contributed by atoms with E-state index >= 15 is 0 Å². The molecule has 3 nitrogen and oxygen atoms in total. The molecule has 1 aromatic rings. The number of hydrogen-bond donors (Lipinski definition) is 2. The Hall–Kier alpha value is -0.800. The molecule has 1 aromatic heterocycles. The van der Waals surface area contributed by atoms with Gasteiger partial charge in [0.2, 0.25) is 0 Å². The van der Waals surface area contributed by atoms with Crippen molar-refractivity contribution in [2.45, 2.75) is 31.8 Å². The van der Waals surface area contributed by atoms with Gasteiger partial charge in [-0.1, -0.05) is 0 Å². The van der Waals surface area contributed by atoms with Gasteiger partial charge in [-0.3, -0.25) is 0 Å². The molecule has 1 aliphatic heterocycles. The molecule has 2 unspecified atom stereocenters. The Morgan fingerprint density at radius 2 is 2.43 bits per heavy atom. The van der Waals surface area contributed by atoms with Gasteiger partial charge in [0.25, 0.3) is 0 Å². The molecule has 0 radical (unpaired) electrons. The van der Waals surface area contributed by atoms with E-state index in [1.807, 2.05) is 20.0 Å². The first-order valence-corrected chi connectivity index (χ1v) is 5.28. The zero-order valence-corrected chi connectivity index (χ0v) is 8.84. The molecule has 14 heavy (non-hydrogen) atoms. The van der Waals surface area contributed by atoms with Crippen LogP contribution in [0.3, 0.4) is 0 Å². The van der Waals surface area contributed by atoms with E-state index in [2.05, 4.69) is 16.7 Å². The van der Waals surface area contributed by atoms with Gasteiger partial charge >= 0.3 is 0 Å². The lowest BCUT2D eigenvalue weighted by atomic mass is 10.0. The Labute approximate surface area is 84.9 Å². The zero-order valence-electron chi connectivity index (χ0n) is 8.84. The van der Waals surface area contributed by atoms with Crippen molar-refractivity contribution in [1.29, 1.82) is 0 Å². The number of aryl methyl sites for hydroxylation is 1. The fourth-order valence-electron chi connectivity index (χ4n) is 2.16. The van der Waals surface area contributed by atoms with E-state index in [4.69, 9.17) is 4.42 Å². The topological polar surface area (TPSA) is 37.2 Å². The van der Waals surface area contributed by atoms with E-state index in [0.29, 0.717) is 12.1 Å². The van der Waals surface area contributed by atoms with E-state index in [0.717, 1.165) is 18.1 Å². The molecule has 2 atom stereocenters. The summed E-state index contributed by atoms with van der Waals surface area (Å²) in [7, 11) is 1.99. The van der Waals surface area contributed by atoms with Crippen molar-refractivity contribution in [3.63, 3.8) is 0 Å². The predicted molar refractivity (Wildman–Crippen MR) is 56.3 cm³/mol. The number of rotatable bonds is 3. The second-order valence-electron chi connectivity index (χ2n) is 3.92. The van der Waals surface area contributed by atoms with Crippen molar-refractivity contribution in [1.82, 2.24) is 10.6 Å².